The maximum Gasteiger partial charge on any atom is 0.254 e. The Balaban J connectivity index is 1.90. The molecule has 1 aliphatic carbocycles. The molecule has 1 aliphatic rings. The summed E-state index contributed by atoms with van der Waals surface area (Å²) in [6.45, 7) is 1.98. The van der Waals surface area contributed by atoms with E-state index >= 15 is 0 Å². The summed E-state index contributed by atoms with van der Waals surface area (Å²) < 4.78 is 1.78. The minimum absolute atomic E-state index is 0.462. The van der Waals surface area contributed by atoms with Gasteiger partial charge in [0.25, 0.3) is 5.78 Å². The van der Waals surface area contributed by atoms with Crippen molar-refractivity contribution in [3.63, 3.8) is 0 Å². The van der Waals surface area contributed by atoms with E-state index in [4.69, 9.17) is 0 Å². The first-order chi connectivity index (χ1) is 9.15. The lowest BCUT2D eigenvalue weighted by Gasteiger charge is -2.27. The zero-order valence-electron chi connectivity index (χ0n) is 11.7. The van der Waals surface area contributed by atoms with E-state index in [2.05, 4.69) is 39.4 Å². The maximum absolute atomic E-state index is 4.36. The summed E-state index contributed by atoms with van der Waals surface area (Å²) in [5, 5.41) is 7.86. The number of nitrogens with one attached hydrogen (secondary N) is 1. The van der Waals surface area contributed by atoms with Crippen molar-refractivity contribution in [2.45, 2.75) is 38.3 Å². The lowest BCUT2D eigenvalue weighted by Crippen LogP contribution is -2.39. The van der Waals surface area contributed by atoms with Gasteiger partial charge in [0, 0.05) is 23.8 Å². The van der Waals surface area contributed by atoms with Gasteiger partial charge in [0.15, 0.2) is 0 Å². The van der Waals surface area contributed by atoms with Crippen molar-refractivity contribution in [3.8, 4) is 0 Å². The van der Waals surface area contributed by atoms with Crippen LogP contribution in [0.2, 0.25) is 0 Å². The van der Waals surface area contributed by atoms with Gasteiger partial charge in [-0.2, -0.15) is 14.6 Å². The zero-order chi connectivity index (χ0) is 13.4. The summed E-state index contributed by atoms with van der Waals surface area (Å²) in [6, 6.07) is 3.07. The fraction of sp³-hybridized carbons (Fsp3) is 0.615. The largest absolute Gasteiger partial charge is 0.366 e. The minimum Gasteiger partial charge on any atom is -0.366 e. The maximum atomic E-state index is 4.36. The van der Waals surface area contributed by atoms with Gasteiger partial charge in [-0.3, -0.25) is 0 Å². The van der Waals surface area contributed by atoms with Crippen LogP contribution < -0.4 is 5.32 Å². The molecule has 6 heteroatoms. The van der Waals surface area contributed by atoms with Gasteiger partial charge < -0.3 is 10.2 Å². The quantitative estimate of drug-likeness (QED) is 0.902. The highest BCUT2D eigenvalue weighted by molar-refractivity contribution is 5.45. The second-order valence-electron chi connectivity index (χ2n) is 5.47. The van der Waals surface area contributed by atoms with Crippen molar-refractivity contribution < 1.29 is 0 Å². The zero-order valence-corrected chi connectivity index (χ0v) is 11.7. The van der Waals surface area contributed by atoms with E-state index in [1.54, 1.807) is 10.8 Å². The summed E-state index contributed by atoms with van der Waals surface area (Å²) in [7, 11) is 4.29. The van der Waals surface area contributed by atoms with Crippen molar-refractivity contribution in [1.82, 2.24) is 24.5 Å². The molecule has 102 valence electrons. The Kier molecular flexibility index (Phi) is 3.10. The second kappa shape index (κ2) is 4.77. The molecule has 2 atom stereocenters. The third-order valence-electron chi connectivity index (χ3n) is 3.86. The van der Waals surface area contributed by atoms with Gasteiger partial charge in [0.05, 0.1) is 0 Å². The number of fused-ring (bicyclic) bond motifs is 1. The van der Waals surface area contributed by atoms with Crippen LogP contribution in [0.1, 0.15) is 25.0 Å². The molecule has 2 aromatic rings. The molecular formula is C13H20N6. The van der Waals surface area contributed by atoms with Crippen LogP contribution >= 0.6 is 0 Å². The first-order valence-electron chi connectivity index (χ1n) is 6.75. The molecule has 0 spiro atoms. The number of hydrogen-bond donors (Lipinski definition) is 1. The summed E-state index contributed by atoms with van der Waals surface area (Å²) >= 11 is 0. The molecule has 2 aromatic heterocycles. The lowest BCUT2D eigenvalue weighted by molar-refractivity contribution is 0.284. The number of aromatic nitrogens is 4. The Morgan fingerprint density at radius 3 is 3.00 bits per heavy atom. The molecule has 0 radical (unpaired) electrons. The Bertz CT molecular complexity index is 576. The third kappa shape index (κ3) is 2.28. The average Bonchev–Trinajstić information content (AvgIpc) is 2.96. The van der Waals surface area contributed by atoms with E-state index in [-0.39, 0.29) is 0 Å². The first kappa shape index (κ1) is 12.3. The molecule has 0 bridgehead atoms. The molecule has 1 fully saturated rings. The van der Waals surface area contributed by atoms with Gasteiger partial charge in [-0.1, -0.05) is 0 Å². The van der Waals surface area contributed by atoms with E-state index in [0.717, 1.165) is 11.5 Å². The van der Waals surface area contributed by atoms with Crippen LogP contribution in [0.15, 0.2) is 12.4 Å². The Hall–Kier alpha value is -1.69. The molecule has 1 saturated carbocycles. The number of likely N-dealkylation sites (N-methyl/N-ethyl adjacent to an activating group) is 1. The Morgan fingerprint density at radius 1 is 1.37 bits per heavy atom. The molecule has 0 aromatic carbocycles. The molecule has 19 heavy (non-hydrogen) atoms. The van der Waals surface area contributed by atoms with Gasteiger partial charge in [0.1, 0.15) is 12.1 Å². The molecule has 0 unspecified atom stereocenters. The summed E-state index contributed by atoms with van der Waals surface area (Å²) in [5.74, 6) is 1.64. The minimum atomic E-state index is 0.462. The van der Waals surface area contributed by atoms with Crippen LogP contribution in [-0.4, -0.2) is 50.7 Å². The smallest absolute Gasteiger partial charge is 0.254 e. The Morgan fingerprint density at radius 2 is 2.21 bits per heavy atom. The highest BCUT2D eigenvalue weighted by Crippen LogP contribution is 2.26. The van der Waals surface area contributed by atoms with Crippen molar-refractivity contribution in [2.24, 2.45) is 0 Å². The standard InChI is InChI=1S/C13H20N6/c1-9-7-12(19-13(16-9)14-8-15-19)17-10-5-4-6-11(10)18(2)3/h7-8,10-11,17H,4-6H2,1-3H3/t10-,11-/m0/s1. The van der Waals surface area contributed by atoms with Gasteiger partial charge in [-0.15, -0.1) is 0 Å². The predicted molar refractivity (Wildman–Crippen MR) is 74.3 cm³/mol. The van der Waals surface area contributed by atoms with Crippen LogP contribution in [0.25, 0.3) is 5.78 Å². The third-order valence-corrected chi connectivity index (χ3v) is 3.86. The van der Waals surface area contributed by atoms with Crippen LogP contribution in [0, 0.1) is 6.92 Å². The van der Waals surface area contributed by atoms with Crippen LogP contribution in [0.5, 0.6) is 0 Å². The number of rotatable bonds is 3. The number of anilines is 1. The molecular weight excluding hydrogens is 240 g/mol. The summed E-state index contributed by atoms with van der Waals surface area (Å²) in [4.78, 5) is 10.8. The van der Waals surface area contributed by atoms with E-state index in [1.807, 2.05) is 13.0 Å². The fourth-order valence-electron chi connectivity index (χ4n) is 2.95. The number of nitrogens with zero attached hydrogens (tertiary/aromatic N) is 5. The molecule has 3 rings (SSSR count). The summed E-state index contributed by atoms with van der Waals surface area (Å²) in [5.41, 5.74) is 0.961. The first-order valence-corrected chi connectivity index (χ1v) is 6.75. The van der Waals surface area contributed by atoms with E-state index in [0.29, 0.717) is 17.9 Å². The fourth-order valence-corrected chi connectivity index (χ4v) is 2.95. The van der Waals surface area contributed by atoms with E-state index < -0.39 is 0 Å². The van der Waals surface area contributed by atoms with E-state index in [1.165, 1.54) is 19.3 Å². The van der Waals surface area contributed by atoms with Gasteiger partial charge in [0.2, 0.25) is 0 Å². The van der Waals surface area contributed by atoms with Crippen molar-refractivity contribution in [1.29, 1.82) is 0 Å². The highest BCUT2D eigenvalue weighted by atomic mass is 15.4. The second-order valence-corrected chi connectivity index (χ2v) is 5.47. The normalized spacial score (nSPS) is 23.4. The number of aryl methyl sites for hydroxylation is 1. The molecule has 0 saturated heterocycles. The lowest BCUT2D eigenvalue weighted by atomic mass is 10.1. The van der Waals surface area contributed by atoms with Gasteiger partial charge in [-0.25, -0.2) is 4.98 Å². The molecule has 0 aliphatic heterocycles. The van der Waals surface area contributed by atoms with Crippen molar-refractivity contribution in [2.75, 3.05) is 19.4 Å². The van der Waals surface area contributed by atoms with Gasteiger partial charge >= 0.3 is 0 Å². The van der Waals surface area contributed by atoms with Gasteiger partial charge in [-0.05, 0) is 40.3 Å². The van der Waals surface area contributed by atoms with Crippen molar-refractivity contribution in [3.05, 3.63) is 18.1 Å². The van der Waals surface area contributed by atoms with Crippen LogP contribution in [0.3, 0.4) is 0 Å². The molecule has 6 nitrogen and oxygen atoms in total. The molecule has 2 heterocycles. The topological polar surface area (TPSA) is 58.4 Å². The summed E-state index contributed by atoms with van der Waals surface area (Å²) in [6.07, 6.45) is 5.26. The number of hydrogen-bond acceptors (Lipinski definition) is 5. The van der Waals surface area contributed by atoms with Crippen LogP contribution in [-0.2, 0) is 0 Å². The average molecular weight is 260 g/mol. The molecule has 0 amide bonds. The monoisotopic (exact) mass is 260 g/mol. The Labute approximate surface area is 112 Å². The predicted octanol–water partition coefficient (Wildman–Crippen LogP) is 1.33. The highest BCUT2D eigenvalue weighted by Gasteiger charge is 2.29. The SMILES string of the molecule is Cc1cc(N[C@H]2CCC[C@@H]2N(C)C)n2ncnc2n1. The van der Waals surface area contributed by atoms with Crippen LogP contribution in [0.4, 0.5) is 5.82 Å². The van der Waals surface area contributed by atoms with Crippen molar-refractivity contribution >= 4 is 11.6 Å². The van der Waals surface area contributed by atoms with E-state index in [9.17, 15) is 0 Å². The molecule has 1 N–H and O–H groups in total.